The molecule has 160 valence electrons. The van der Waals surface area contributed by atoms with E-state index in [2.05, 4.69) is 10.4 Å². The minimum Gasteiger partial charge on any atom is -0.305 e. The number of anilines is 1. The number of hydrogen-bond acceptors (Lipinski definition) is 2. The molecule has 0 unspecified atom stereocenters. The molecule has 0 saturated carbocycles. The SMILES string of the molecule is CC.Cc1ccc(Cn2ccc(NC(=O)c3c(Cl)cccc3Cl)n2)c(C(F)(F)F)c1. The molecule has 0 saturated heterocycles. The van der Waals surface area contributed by atoms with Gasteiger partial charge in [0.1, 0.15) is 0 Å². The standard InChI is InChI=1S/C19H14Cl2F3N3O.C2H6/c1-11-5-6-12(13(9-11)19(22,23)24)10-27-8-7-16(26-27)25-18(28)17-14(20)3-2-4-15(17)21;1-2/h2-9H,10H2,1H3,(H,25,26,28);1-2H3. The van der Waals surface area contributed by atoms with E-state index in [-0.39, 0.29) is 33.5 Å². The van der Waals surface area contributed by atoms with Crippen molar-refractivity contribution in [2.24, 2.45) is 0 Å². The van der Waals surface area contributed by atoms with Crippen LogP contribution in [0.25, 0.3) is 0 Å². The van der Waals surface area contributed by atoms with Gasteiger partial charge in [-0.25, -0.2) is 0 Å². The van der Waals surface area contributed by atoms with E-state index in [0.29, 0.717) is 5.56 Å². The smallest absolute Gasteiger partial charge is 0.305 e. The van der Waals surface area contributed by atoms with Crippen molar-refractivity contribution >= 4 is 34.9 Å². The Labute approximate surface area is 182 Å². The predicted molar refractivity (Wildman–Crippen MR) is 113 cm³/mol. The lowest BCUT2D eigenvalue weighted by atomic mass is 10.0. The number of alkyl halides is 3. The van der Waals surface area contributed by atoms with Crippen LogP contribution in [0.1, 0.15) is 40.9 Å². The normalized spacial score (nSPS) is 10.9. The molecule has 1 aromatic heterocycles. The Kier molecular flexibility index (Phi) is 7.92. The van der Waals surface area contributed by atoms with Gasteiger partial charge in [-0.2, -0.15) is 18.3 Å². The number of halogens is 5. The Morgan fingerprint density at radius 3 is 2.33 bits per heavy atom. The van der Waals surface area contributed by atoms with Gasteiger partial charge in [-0.1, -0.05) is 60.8 Å². The maximum atomic E-state index is 13.3. The second-order valence-corrected chi connectivity index (χ2v) is 6.92. The van der Waals surface area contributed by atoms with Crippen LogP contribution in [-0.4, -0.2) is 15.7 Å². The predicted octanol–water partition coefficient (Wildman–Crippen LogP) is 6.84. The molecule has 1 amide bonds. The summed E-state index contributed by atoms with van der Waals surface area (Å²) in [5, 5.41) is 7.00. The highest BCUT2D eigenvalue weighted by molar-refractivity contribution is 6.40. The van der Waals surface area contributed by atoms with Crippen LogP contribution in [-0.2, 0) is 12.7 Å². The average molecular weight is 458 g/mol. The van der Waals surface area contributed by atoms with Crippen LogP contribution in [0.4, 0.5) is 19.0 Å². The van der Waals surface area contributed by atoms with Crippen molar-refractivity contribution in [3.05, 3.63) is 81.0 Å². The number of carbonyl (C=O) groups excluding carboxylic acids is 1. The molecular formula is C21H20Cl2F3N3O. The molecule has 30 heavy (non-hydrogen) atoms. The van der Waals surface area contributed by atoms with Crippen molar-refractivity contribution in [3.63, 3.8) is 0 Å². The third-order valence-corrected chi connectivity index (χ3v) is 4.61. The highest BCUT2D eigenvalue weighted by Gasteiger charge is 2.33. The van der Waals surface area contributed by atoms with Crippen LogP contribution < -0.4 is 5.32 Å². The maximum Gasteiger partial charge on any atom is 0.416 e. The van der Waals surface area contributed by atoms with Gasteiger partial charge in [-0.05, 0) is 30.7 Å². The summed E-state index contributed by atoms with van der Waals surface area (Å²) in [6.45, 7) is 5.50. The van der Waals surface area contributed by atoms with E-state index in [1.165, 1.54) is 35.1 Å². The van der Waals surface area contributed by atoms with E-state index in [1.807, 2.05) is 13.8 Å². The molecule has 1 heterocycles. The van der Waals surface area contributed by atoms with Crippen LogP contribution in [0.5, 0.6) is 0 Å². The molecule has 0 aliphatic rings. The zero-order valence-electron chi connectivity index (χ0n) is 16.5. The third kappa shape index (κ3) is 5.77. The molecule has 3 rings (SSSR count). The lowest BCUT2D eigenvalue weighted by Gasteiger charge is -2.13. The summed E-state index contributed by atoms with van der Waals surface area (Å²) in [7, 11) is 0. The first-order valence-electron chi connectivity index (χ1n) is 9.10. The molecule has 1 N–H and O–H groups in total. The largest absolute Gasteiger partial charge is 0.416 e. The van der Waals surface area contributed by atoms with Gasteiger partial charge in [-0.15, -0.1) is 0 Å². The minimum atomic E-state index is -4.47. The molecule has 2 aromatic carbocycles. The number of aryl methyl sites for hydroxylation is 1. The Bertz CT molecular complexity index is 1010. The van der Waals surface area contributed by atoms with Crippen molar-refractivity contribution < 1.29 is 18.0 Å². The molecule has 0 aliphatic heterocycles. The molecule has 0 aliphatic carbocycles. The topological polar surface area (TPSA) is 46.9 Å². The fourth-order valence-electron chi connectivity index (χ4n) is 2.68. The second-order valence-electron chi connectivity index (χ2n) is 6.11. The number of benzene rings is 2. The molecule has 3 aromatic rings. The summed E-state index contributed by atoms with van der Waals surface area (Å²) in [6, 6.07) is 10.3. The number of aromatic nitrogens is 2. The number of amides is 1. The summed E-state index contributed by atoms with van der Waals surface area (Å²) < 4.78 is 41.1. The van der Waals surface area contributed by atoms with E-state index in [4.69, 9.17) is 23.2 Å². The fourth-order valence-corrected chi connectivity index (χ4v) is 3.25. The first kappa shape index (κ1) is 23.8. The van der Waals surface area contributed by atoms with Gasteiger partial charge < -0.3 is 5.32 Å². The van der Waals surface area contributed by atoms with E-state index in [9.17, 15) is 18.0 Å². The zero-order chi connectivity index (χ0) is 22.5. The van der Waals surface area contributed by atoms with Crippen molar-refractivity contribution in [3.8, 4) is 0 Å². The fraction of sp³-hybridized carbons (Fsp3) is 0.238. The average Bonchev–Trinajstić information content (AvgIpc) is 3.10. The quantitative estimate of drug-likeness (QED) is 0.465. The maximum absolute atomic E-state index is 13.3. The monoisotopic (exact) mass is 457 g/mol. The van der Waals surface area contributed by atoms with Crippen LogP contribution in [0.2, 0.25) is 10.0 Å². The number of nitrogens with one attached hydrogen (secondary N) is 1. The summed E-state index contributed by atoms with van der Waals surface area (Å²) in [4.78, 5) is 12.4. The Hall–Kier alpha value is -2.51. The van der Waals surface area contributed by atoms with Crippen LogP contribution in [0.3, 0.4) is 0 Å². The molecule has 0 radical (unpaired) electrons. The third-order valence-electron chi connectivity index (χ3n) is 3.98. The molecule has 0 spiro atoms. The summed E-state index contributed by atoms with van der Waals surface area (Å²) in [6.07, 6.45) is -2.99. The summed E-state index contributed by atoms with van der Waals surface area (Å²) in [5.41, 5.74) is -0.0240. The van der Waals surface area contributed by atoms with Crippen molar-refractivity contribution in [2.75, 3.05) is 5.32 Å². The van der Waals surface area contributed by atoms with Gasteiger partial charge >= 0.3 is 6.18 Å². The van der Waals surface area contributed by atoms with E-state index in [1.54, 1.807) is 19.1 Å². The van der Waals surface area contributed by atoms with E-state index < -0.39 is 17.6 Å². The van der Waals surface area contributed by atoms with Gasteiger partial charge in [0.25, 0.3) is 5.91 Å². The zero-order valence-corrected chi connectivity index (χ0v) is 18.0. The van der Waals surface area contributed by atoms with Crippen molar-refractivity contribution in [2.45, 2.75) is 33.5 Å². The molecule has 9 heteroatoms. The Morgan fingerprint density at radius 2 is 1.73 bits per heavy atom. The van der Waals surface area contributed by atoms with Gasteiger partial charge in [0.05, 0.1) is 27.7 Å². The molecule has 0 bridgehead atoms. The van der Waals surface area contributed by atoms with Gasteiger partial charge in [-0.3, -0.25) is 9.48 Å². The number of nitrogens with zero attached hydrogens (tertiary/aromatic N) is 2. The van der Waals surface area contributed by atoms with Gasteiger partial charge in [0.2, 0.25) is 0 Å². The summed E-state index contributed by atoms with van der Waals surface area (Å²) in [5.74, 6) is -0.395. The highest BCUT2D eigenvalue weighted by atomic mass is 35.5. The lowest BCUT2D eigenvalue weighted by molar-refractivity contribution is -0.138. The molecular weight excluding hydrogens is 438 g/mol. The van der Waals surface area contributed by atoms with Gasteiger partial charge in [0, 0.05) is 12.3 Å². The molecule has 0 fully saturated rings. The summed E-state index contributed by atoms with van der Waals surface area (Å²) >= 11 is 12.0. The van der Waals surface area contributed by atoms with E-state index in [0.717, 1.165) is 6.07 Å². The Morgan fingerprint density at radius 1 is 1.10 bits per heavy atom. The first-order valence-corrected chi connectivity index (χ1v) is 9.86. The number of carbonyl (C=O) groups is 1. The lowest BCUT2D eigenvalue weighted by Crippen LogP contribution is -2.15. The van der Waals surface area contributed by atoms with E-state index >= 15 is 0 Å². The van der Waals surface area contributed by atoms with Crippen LogP contribution in [0.15, 0.2) is 48.7 Å². The first-order chi connectivity index (χ1) is 14.1. The van der Waals surface area contributed by atoms with Crippen LogP contribution in [0, 0.1) is 6.92 Å². The highest BCUT2D eigenvalue weighted by Crippen LogP contribution is 2.33. The molecule has 4 nitrogen and oxygen atoms in total. The number of rotatable bonds is 4. The number of hydrogen-bond donors (Lipinski definition) is 1. The van der Waals surface area contributed by atoms with Crippen molar-refractivity contribution in [1.82, 2.24) is 9.78 Å². The molecule has 0 atom stereocenters. The van der Waals surface area contributed by atoms with Gasteiger partial charge in [0.15, 0.2) is 5.82 Å². The van der Waals surface area contributed by atoms with Crippen LogP contribution >= 0.6 is 23.2 Å². The second kappa shape index (κ2) is 10.00. The minimum absolute atomic E-state index is 0.0771. The van der Waals surface area contributed by atoms with Crippen molar-refractivity contribution in [1.29, 1.82) is 0 Å². The Balaban J connectivity index is 0.00000155.